The van der Waals surface area contributed by atoms with Gasteiger partial charge < -0.3 is 10.6 Å². The van der Waals surface area contributed by atoms with E-state index in [9.17, 15) is 4.79 Å². The normalized spacial score (nSPS) is 21.9. The molecule has 1 atom stereocenters. The largest absolute Gasteiger partial charge is 0.326 e. The van der Waals surface area contributed by atoms with Crippen molar-refractivity contribution in [2.45, 2.75) is 13.3 Å². The lowest BCUT2D eigenvalue weighted by Gasteiger charge is -2.21. The summed E-state index contributed by atoms with van der Waals surface area (Å²) in [5.74, 6) is 0.544. The lowest BCUT2D eigenvalue weighted by Crippen LogP contribution is -2.35. The van der Waals surface area contributed by atoms with Gasteiger partial charge >= 0.3 is 0 Å². The van der Waals surface area contributed by atoms with E-state index < -0.39 is 0 Å². The number of carbonyl (C=O) groups is 1. The van der Waals surface area contributed by atoms with Crippen molar-refractivity contribution in [2.24, 2.45) is 5.41 Å². The first-order valence-corrected chi connectivity index (χ1v) is 6.53. The molecule has 1 unspecified atom stereocenters. The van der Waals surface area contributed by atoms with Gasteiger partial charge in [0.05, 0.1) is 5.41 Å². The molecule has 1 aromatic carbocycles. The van der Waals surface area contributed by atoms with Gasteiger partial charge in [-0.25, -0.2) is 0 Å². The van der Waals surface area contributed by atoms with E-state index in [0.717, 1.165) is 24.2 Å². The summed E-state index contributed by atoms with van der Waals surface area (Å²) >= 11 is 0. The summed E-state index contributed by atoms with van der Waals surface area (Å²) in [7, 11) is 0. The predicted molar refractivity (Wildman–Crippen MR) is 73.8 cm³/mol. The van der Waals surface area contributed by atoms with Crippen LogP contribution in [-0.4, -0.2) is 39.6 Å². The Morgan fingerprint density at radius 3 is 3.05 bits per heavy atom. The van der Waals surface area contributed by atoms with Crippen LogP contribution in [0.4, 0.5) is 5.69 Å². The van der Waals surface area contributed by atoms with Crippen LogP contribution < -0.4 is 10.6 Å². The highest BCUT2D eigenvalue weighted by molar-refractivity contribution is 5.95. The van der Waals surface area contributed by atoms with Crippen LogP contribution in [-0.2, 0) is 4.79 Å². The number of aromatic amines is 1. The molecule has 0 spiro atoms. The van der Waals surface area contributed by atoms with Gasteiger partial charge in [0.1, 0.15) is 0 Å². The highest BCUT2D eigenvalue weighted by atomic mass is 16.2. The fourth-order valence-corrected chi connectivity index (χ4v) is 2.31. The van der Waals surface area contributed by atoms with Gasteiger partial charge in [-0.2, -0.15) is 5.21 Å². The topological polar surface area (TPSA) is 95.6 Å². The van der Waals surface area contributed by atoms with Crippen LogP contribution in [0.1, 0.15) is 13.3 Å². The van der Waals surface area contributed by atoms with Gasteiger partial charge in [0.15, 0.2) is 0 Å². The van der Waals surface area contributed by atoms with Gasteiger partial charge in [-0.05, 0) is 37.2 Å². The Bertz CT molecular complexity index is 603. The second-order valence-electron chi connectivity index (χ2n) is 5.26. The molecule has 20 heavy (non-hydrogen) atoms. The number of nitrogens with one attached hydrogen (secondary N) is 3. The van der Waals surface area contributed by atoms with Gasteiger partial charge in [0.25, 0.3) is 0 Å². The van der Waals surface area contributed by atoms with Crippen LogP contribution in [0.2, 0.25) is 0 Å². The molecule has 7 nitrogen and oxygen atoms in total. The SMILES string of the molecule is CC1(C(=O)Nc2cccc(-c3nn[nH]n3)c2)CCNC1. The van der Waals surface area contributed by atoms with Crippen LogP contribution in [0.25, 0.3) is 11.4 Å². The number of nitrogens with zero attached hydrogens (tertiary/aromatic N) is 3. The summed E-state index contributed by atoms with van der Waals surface area (Å²) in [5, 5.41) is 20.0. The Balaban J connectivity index is 1.78. The number of anilines is 1. The van der Waals surface area contributed by atoms with Gasteiger partial charge in [-0.3, -0.25) is 4.79 Å². The minimum Gasteiger partial charge on any atom is -0.326 e. The Morgan fingerprint density at radius 1 is 1.45 bits per heavy atom. The highest BCUT2D eigenvalue weighted by Gasteiger charge is 2.36. The average Bonchev–Trinajstić information content (AvgIpc) is 3.11. The van der Waals surface area contributed by atoms with Gasteiger partial charge in [-0.15, -0.1) is 10.2 Å². The van der Waals surface area contributed by atoms with Crippen molar-refractivity contribution in [2.75, 3.05) is 18.4 Å². The number of carbonyl (C=O) groups excluding carboxylic acids is 1. The second kappa shape index (κ2) is 5.01. The molecule has 2 aromatic rings. The minimum absolute atomic E-state index is 0.0350. The summed E-state index contributed by atoms with van der Waals surface area (Å²) in [5.41, 5.74) is 1.21. The molecule has 0 aliphatic carbocycles. The predicted octanol–water partition coefficient (Wildman–Crippen LogP) is 0.805. The van der Waals surface area contributed by atoms with Crippen LogP contribution in [0, 0.1) is 5.41 Å². The molecule has 1 saturated heterocycles. The van der Waals surface area contributed by atoms with Gasteiger partial charge in [-0.1, -0.05) is 12.1 Å². The standard InChI is InChI=1S/C13H16N6O/c1-13(5-6-14-8-13)12(20)15-10-4-2-3-9(7-10)11-16-18-19-17-11/h2-4,7,14H,5-6,8H2,1H3,(H,15,20)(H,16,17,18,19). The lowest BCUT2D eigenvalue weighted by molar-refractivity contribution is -0.123. The summed E-state index contributed by atoms with van der Waals surface area (Å²) in [4.78, 5) is 12.3. The molecule has 3 N–H and O–H groups in total. The van der Waals surface area contributed by atoms with Crippen molar-refractivity contribution in [3.63, 3.8) is 0 Å². The van der Waals surface area contributed by atoms with E-state index in [-0.39, 0.29) is 11.3 Å². The van der Waals surface area contributed by atoms with Crippen LogP contribution in [0.3, 0.4) is 0 Å². The number of H-pyrrole nitrogens is 1. The Hall–Kier alpha value is -2.28. The second-order valence-corrected chi connectivity index (χ2v) is 5.26. The van der Waals surface area contributed by atoms with Crippen LogP contribution >= 0.6 is 0 Å². The zero-order valence-electron chi connectivity index (χ0n) is 11.2. The van der Waals surface area contributed by atoms with Crippen molar-refractivity contribution in [1.82, 2.24) is 25.9 Å². The molecule has 1 aliphatic rings. The molecular formula is C13H16N6O. The number of amides is 1. The molecule has 0 bridgehead atoms. The van der Waals surface area contributed by atoms with E-state index in [1.165, 1.54) is 0 Å². The van der Waals surface area contributed by atoms with Crippen molar-refractivity contribution < 1.29 is 4.79 Å². The zero-order chi connectivity index (χ0) is 14.0. The molecule has 1 fully saturated rings. The van der Waals surface area contributed by atoms with E-state index in [4.69, 9.17) is 0 Å². The number of benzene rings is 1. The fourth-order valence-electron chi connectivity index (χ4n) is 2.31. The van der Waals surface area contributed by atoms with Crippen molar-refractivity contribution in [3.8, 4) is 11.4 Å². The first-order chi connectivity index (χ1) is 9.67. The van der Waals surface area contributed by atoms with E-state index in [2.05, 4.69) is 31.3 Å². The van der Waals surface area contributed by atoms with Crippen LogP contribution in [0.5, 0.6) is 0 Å². The van der Waals surface area contributed by atoms with Crippen molar-refractivity contribution in [1.29, 1.82) is 0 Å². The number of rotatable bonds is 3. The molecule has 3 rings (SSSR count). The van der Waals surface area contributed by atoms with Gasteiger partial charge in [0, 0.05) is 17.8 Å². The maximum atomic E-state index is 12.3. The summed E-state index contributed by atoms with van der Waals surface area (Å²) in [6.07, 6.45) is 0.851. The summed E-state index contributed by atoms with van der Waals surface area (Å²) < 4.78 is 0. The Labute approximate surface area is 116 Å². The van der Waals surface area contributed by atoms with E-state index in [0.29, 0.717) is 12.4 Å². The minimum atomic E-state index is -0.345. The first kappa shape index (κ1) is 12.7. The third-order valence-electron chi connectivity index (χ3n) is 3.64. The van der Waals surface area contributed by atoms with E-state index in [1.807, 2.05) is 31.2 Å². The van der Waals surface area contributed by atoms with Gasteiger partial charge in [0.2, 0.25) is 11.7 Å². The van der Waals surface area contributed by atoms with Crippen molar-refractivity contribution >= 4 is 11.6 Å². The maximum Gasteiger partial charge on any atom is 0.231 e. The first-order valence-electron chi connectivity index (χ1n) is 6.53. The fraction of sp³-hybridized carbons (Fsp3) is 0.385. The molecule has 7 heteroatoms. The average molecular weight is 272 g/mol. The smallest absolute Gasteiger partial charge is 0.231 e. The third-order valence-corrected chi connectivity index (χ3v) is 3.64. The lowest BCUT2D eigenvalue weighted by atomic mass is 9.88. The molecule has 1 aromatic heterocycles. The quantitative estimate of drug-likeness (QED) is 0.768. The molecule has 1 aliphatic heterocycles. The van der Waals surface area contributed by atoms with E-state index in [1.54, 1.807) is 0 Å². The monoisotopic (exact) mass is 272 g/mol. The Morgan fingerprint density at radius 2 is 2.35 bits per heavy atom. The highest BCUT2D eigenvalue weighted by Crippen LogP contribution is 2.27. The number of hydrogen-bond acceptors (Lipinski definition) is 5. The molecule has 1 amide bonds. The zero-order valence-corrected chi connectivity index (χ0v) is 11.2. The number of hydrogen-bond donors (Lipinski definition) is 3. The molecule has 2 heterocycles. The van der Waals surface area contributed by atoms with Crippen LogP contribution in [0.15, 0.2) is 24.3 Å². The molecule has 104 valence electrons. The number of aromatic nitrogens is 4. The summed E-state index contributed by atoms with van der Waals surface area (Å²) in [6, 6.07) is 7.43. The van der Waals surface area contributed by atoms with E-state index >= 15 is 0 Å². The summed E-state index contributed by atoms with van der Waals surface area (Å²) in [6.45, 7) is 3.57. The van der Waals surface area contributed by atoms with Crippen molar-refractivity contribution in [3.05, 3.63) is 24.3 Å². The maximum absolute atomic E-state index is 12.3. The molecule has 0 radical (unpaired) electrons. The molecule has 0 saturated carbocycles. The number of tetrazole rings is 1. The molecular weight excluding hydrogens is 256 g/mol. The Kier molecular flexibility index (Phi) is 3.19. The third kappa shape index (κ3) is 2.39.